The number of fused-ring (bicyclic) bond motifs is 1. The molecule has 0 saturated carbocycles. The third-order valence-electron chi connectivity index (χ3n) is 2.28. The minimum absolute atomic E-state index is 0.191. The summed E-state index contributed by atoms with van der Waals surface area (Å²) in [5, 5.41) is 0. The van der Waals surface area contributed by atoms with Crippen LogP contribution in [-0.4, -0.2) is 21.2 Å². The fraction of sp³-hybridized carbons (Fsp3) is 0.333. The lowest BCUT2D eigenvalue weighted by molar-refractivity contribution is 0.591. The zero-order chi connectivity index (χ0) is 9.47. The van der Waals surface area contributed by atoms with Crippen LogP contribution in [0.5, 0.6) is 0 Å². The molecule has 1 aliphatic rings. The molecule has 0 aliphatic carbocycles. The van der Waals surface area contributed by atoms with Gasteiger partial charge in [0.05, 0.1) is 11.4 Å². The molecule has 0 saturated heterocycles. The van der Waals surface area contributed by atoms with Crippen molar-refractivity contribution < 1.29 is 8.42 Å². The first-order valence-electron chi connectivity index (χ1n) is 4.07. The highest BCUT2D eigenvalue weighted by Crippen LogP contribution is 2.26. The van der Waals surface area contributed by atoms with Crippen molar-refractivity contribution in [2.24, 2.45) is 0 Å². The maximum Gasteiger partial charge on any atom is 0.235 e. The van der Waals surface area contributed by atoms with Crippen molar-refractivity contribution in [1.82, 2.24) is 0 Å². The van der Waals surface area contributed by atoms with Gasteiger partial charge in [0.15, 0.2) is 0 Å². The Hall–Kier alpha value is -1.03. The zero-order valence-corrected chi connectivity index (χ0v) is 8.13. The van der Waals surface area contributed by atoms with E-state index in [9.17, 15) is 8.42 Å². The van der Waals surface area contributed by atoms with Crippen molar-refractivity contribution in [3.05, 3.63) is 29.8 Å². The molecule has 2 rings (SSSR count). The number of hydrogen-bond donors (Lipinski definition) is 0. The zero-order valence-electron chi connectivity index (χ0n) is 7.32. The van der Waals surface area contributed by atoms with Crippen LogP contribution in [0.3, 0.4) is 0 Å². The van der Waals surface area contributed by atoms with Crippen LogP contribution in [0.1, 0.15) is 5.56 Å². The molecule has 1 heterocycles. The Labute approximate surface area is 78.0 Å². The van der Waals surface area contributed by atoms with Crippen molar-refractivity contribution in [2.75, 3.05) is 17.1 Å². The van der Waals surface area contributed by atoms with Crippen LogP contribution < -0.4 is 4.31 Å². The summed E-state index contributed by atoms with van der Waals surface area (Å²) in [4.78, 5) is 0. The highest BCUT2D eigenvalue weighted by Gasteiger charge is 2.25. The minimum atomic E-state index is -3.06. The predicted octanol–water partition coefficient (Wildman–Crippen LogP) is 0.809. The Kier molecular flexibility index (Phi) is 1.80. The van der Waals surface area contributed by atoms with Crippen LogP contribution in [0.4, 0.5) is 5.69 Å². The van der Waals surface area contributed by atoms with E-state index in [-0.39, 0.29) is 5.75 Å². The SMILES string of the molecule is CN1c2ccc[c]c2CCS1(=O)=O. The Morgan fingerprint density at radius 3 is 3.08 bits per heavy atom. The standard InChI is InChI=1S/C9H10NO2S/c1-10-9-5-3-2-4-8(9)6-7-13(10,11)12/h2-3,5H,6-7H2,1H3. The third kappa shape index (κ3) is 1.31. The summed E-state index contributed by atoms with van der Waals surface area (Å²) in [7, 11) is -1.48. The van der Waals surface area contributed by atoms with E-state index < -0.39 is 10.0 Å². The molecule has 1 radical (unpaired) electrons. The minimum Gasteiger partial charge on any atom is -0.273 e. The Balaban J connectivity index is 2.58. The van der Waals surface area contributed by atoms with Gasteiger partial charge >= 0.3 is 0 Å². The van der Waals surface area contributed by atoms with E-state index in [1.807, 2.05) is 12.1 Å². The number of aryl methyl sites for hydroxylation is 1. The summed E-state index contributed by atoms with van der Waals surface area (Å²) in [6, 6.07) is 8.47. The van der Waals surface area contributed by atoms with E-state index in [1.54, 1.807) is 13.1 Å². The second-order valence-electron chi connectivity index (χ2n) is 3.07. The van der Waals surface area contributed by atoms with Gasteiger partial charge in [-0.05, 0) is 24.1 Å². The van der Waals surface area contributed by atoms with Gasteiger partial charge in [0.25, 0.3) is 0 Å². The average molecular weight is 196 g/mol. The van der Waals surface area contributed by atoms with Gasteiger partial charge in [-0.2, -0.15) is 0 Å². The third-order valence-corrected chi connectivity index (χ3v) is 4.03. The normalized spacial score (nSPS) is 19.6. The van der Waals surface area contributed by atoms with Gasteiger partial charge in [-0.3, -0.25) is 4.31 Å². The fourth-order valence-electron chi connectivity index (χ4n) is 1.48. The first-order valence-corrected chi connectivity index (χ1v) is 5.68. The van der Waals surface area contributed by atoms with Crippen molar-refractivity contribution in [3.8, 4) is 0 Å². The second-order valence-corrected chi connectivity index (χ2v) is 5.19. The summed E-state index contributed by atoms with van der Waals surface area (Å²) >= 11 is 0. The van der Waals surface area contributed by atoms with Crippen molar-refractivity contribution in [2.45, 2.75) is 6.42 Å². The Bertz CT molecular complexity index is 425. The van der Waals surface area contributed by atoms with Crippen LogP contribution in [0, 0.1) is 6.07 Å². The topological polar surface area (TPSA) is 37.4 Å². The Morgan fingerprint density at radius 1 is 1.54 bits per heavy atom. The smallest absolute Gasteiger partial charge is 0.235 e. The number of nitrogens with zero attached hydrogens (tertiary/aromatic N) is 1. The molecule has 1 aliphatic heterocycles. The molecular weight excluding hydrogens is 186 g/mol. The van der Waals surface area contributed by atoms with E-state index >= 15 is 0 Å². The van der Waals surface area contributed by atoms with Crippen LogP contribution in [0.15, 0.2) is 18.2 Å². The summed E-state index contributed by atoms with van der Waals surface area (Å²) in [6.45, 7) is 0. The first-order chi connectivity index (χ1) is 6.11. The van der Waals surface area contributed by atoms with Crippen LogP contribution >= 0.6 is 0 Å². The molecule has 0 N–H and O–H groups in total. The molecule has 13 heavy (non-hydrogen) atoms. The number of sulfonamides is 1. The molecule has 0 unspecified atom stereocenters. The molecule has 69 valence electrons. The molecule has 0 aromatic heterocycles. The van der Waals surface area contributed by atoms with E-state index in [0.29, 0.717) is 6.42 Å². The lowest BCUT2D eigenvalue weighted by Gasteiger charge is -2.26. The maximum absolute atomic E-state index is 11.5. The fourth-order valence-corrected chi connectivity index (χ4v) is 2.68. The van der Waals surface area contributed by atoms with Crippen molar-refractivity contribution in [3.63, 3.8) is 0 Å². The average Bonchev–Trinajstić information content (AvgIpc) is 2.13. The van der Waals surface area contributed by atoms with Crippen LogP contribution in [-0.2, 0) is 16.4 Å². The molecule has 0 amide bonds. The summed E-state index contributed by atoms with van der Waals surface area (Å²) in [5.41, 5.74) is 1.74. The number of rotatable bonds is 0. The molecule has 4 heteroatoms. The predicted molar refractivity (Wildman–Crippen MR) is 51.2 cm³/mol. The second kappa shape index (κ2) is 2.73. The summed E-state index contributed by atoms with van der Waals surface area (Å²) in [6.07, 6.45) is 0.572. The highest BCUT2D eigenvalue weighted by atomic mass is 32.2. The molecular formula is C9H10NO2S. The van der Waals surface area contributed by atoms with E-state index in [1.165, 1.54) is 4.31 Å². The number of hydrogen-bond acceptors (Lipinski definition) is 2. The van der Waals surface area contributed by atoms with E-state index in [4.69, 9.17) is 0 Å². The van der Waals surface area contributed by atoms with Gasteiger partial charge < -0.3 is 0 Å². The molecule has 0 atom stereocenters. The van der Waals surface area contributed by atoms with Crippen molar-refractivity contribution in [1.29, 1.82) is 0 Å². The van der Waals surface area contributed by atoms with Crippen molar-refractivity contribution >= 4 is 15.7 Å². The molecule has 3 nitrogen and oxygen atoms in total. The lowest BCUT2D eigenvalue weighted by atomic mass is 10.1. The van der Waals surface area contributed by atoms with Gasteiger partial charge in [0.2, 0.25) is 10.0 Å². The summed E-state index contributed by atoms with van der Waals surface area (Å²) in [5.74, 6) is 0.191. The summed E-state index contributed by atoms with van der Waals surface area (Å²) < 4.78 is 24.2. The maximum atomic E-state index is 11.5. The van der Waals surface area contributed by atoms with Gasteiger partial charge in [0.1, 0.15) is 0 Å². The van der Waals surface area contributed by atoms with E-state index in [2.05, 4.69) is 6.07 Å². The van der Waals surface area contributed by atoms with E-state index in [0.717, 1.165) is 11.3 Å². The quantitative estimate of drug-likeness (QED) is 0.615. The van der Waals surface area contributed by atoms with Gasteiger partial charge in [-0.1, -0.05) is 12.1 Å². The molecule has 0 spiro atoms. The van der Waals surface area contributed by atoms with Crippen LogP contribution in [0.25, 0.3) is 0 Å². The monoisotopic (exact) mass is 196 g/mol. The van der Waals surface area contributed by atoms with Gasteiger partial charge in [0, 0.05) is 7.05 Å². The highest BCUT2D eigenvalue weighted by molar-refractivity contribution is 7.92. The molecule has 1 aromatic rings. The molecule has 0 bridgehead atoms. The largest absolute Gasteiger partial charge is 0.273 e. The lowest BCUT2D eigenvalue weighted by Crippen LogP contribution is -2.34. The van der Waals surface area contributed by atoms with Gasteiger partial charge in [-0.25, -0.2) is 8.42 Å². The molecule has 1 aromatic carbocycles. The van der Waals surface area contributed by atoms with Crippen LogP contribution in [0.2, 0.25) is 0 Å². The molecule has 0 fully saturated rings. The number of benzene rings is 1. The Morgan fingerprint density at radius 2 is 2.31 bits per heavy atom. The van der Waals surface area contributed by atoms with Gasteiger partial charge in [-0.15, -0.1) is 0 Å². The number of anilines is 1. The first kappa shape index (κ1) is 8.56.